The number of para-hydroxylation sites is 2. The minimum Gasteiger partial charge on any atom is -0.495 e. The molecule has 4 aliphatic carbocycles. The van der Waals surface area contributed by atoms with Gasteiger partial charge in [-0.05, 0) is 91.5 Å². The molecule has 28 heavy (non-hydrogen) atoms. The molecule has 2 aromatic carbocycles. The lowest BCUT2D eigenvalue weighted by Crippen LogP contribution is -2.48. The number of rotatable bonds is 4. The van der Waals surface area contributed by atoms with Crippen molar-refractivity contribution in [3.05, 3.63) is 54.1 Å². The Labute approximate surface area is 166 Å². The van der Waals surface area contributed by atoms with E-state index in [0.29, 0.717) is 16.9 Å². The van der Waals surface area contributed by atoms with E-state index in [2.05, 4.69) is 34.9 Å². The quantitative estimate of drug-likeness (QED) is 0.708. The molecule has 146 valence electrons. The van der Waals surface area contributed by atoms with Gasteiger partial charge in [0.2, 0.25) is 0 Å². The third-order valence-electron chi connectivity index (χ3n) is 7.15. The van der Waals surface area contributed by atoms with E-state index >= 15 is 0 Å². The fourth-order valence-corrected chi connectivity index (χ4v) is 6.40. The summed E-state index contributed by atoms with van der Waals surface area (Å²) in [6, 6.07) is 15.7. The van der Waals surface area contributed by atoms with Crippen LogP contribution in [0.15, 0.2) is 48.5 Å². The van der Waals surface area contributed by atoms with Crippen LogP contribution in [0.1, 0.15) is 44.1 Å². The molecule has 6 rings (SSSR count). The fourth-order valence-electron chi connectivity index (χ4n) is 6.40. The average molecular weight is 377 g/mol. The Bertz CT molecular complexity index is 839. The predicted octanol–water partition coefficient (Wildman–Crippen LogP) is 5.81. The van der Waals surface area contributed by atoms with Crippen molar-refractivity contribution in [3.63, 3.8) is 0 Å². The van der Waals surface area contributed by atoms with Crippen LogP contribution >= 0.6 is 0 Å². The number of nitrogens with one attached hydrogen (secondary N) is 2. The zero-order chi connectivity index (χ0) is 19.1. The van der Waals surface area contributed by atoms with E-state index in [1.165, 1.54) is 44.1 Å². The molecule has 4 nitrogen and oxygen atoms in total. The normalized spacial score (nSPS) is 30.1. The highest BCUT2D eigenvalue weighted by Gasteiger charge is 2.51. The van der Waals surface area contributed by atoms with Crippen molar-refractivity contribution >= 4 is 17.4 Å². The Hall–Kier alpha value is -2.49. The highest BCUT2D eigenvalue weighted by Crippen LogP contribution is 2.60. The van der Waals surface area contributed by atoms with Gasteiger partial charge in [0.05, 0.1) is 12.8 Å². The second kappa shape index (κ2) is 6.84. The van der Waals surface area contributed by atoms with E-state index in [-0.39, 0.29) is 6.03 Å². The molecule has 0 atom stereocenters. The first-order valence-corrected chi connectivity index (χ1v) is 10.5. The SMILES string of the molecule is COc1ccccc1NC(=O)Nc1ccc(C23CC4CC(CC(C4)C2)C3)cc1. The molecule has 0 spiro atoms. The number of benzene rings is 2. The van der Waals surface area contributed by atoms with Gasteiger partial charge in [-0.15, -0.1) is 0 Å². The standard InChI is InChI=1S/C24H28N2O2/c1-28-22-5-3-2-4-21(22)26-23(27)25-20-8-6-19(7-9-20)24-13-16-10-17(14-24)12-18(11-16)15-24/h2-9,16-18H,10-15H2,1H3,(H2,25,26,27). The molecule has 2 aromatic rings. The van der Waals surface area contributed by atoms with Crippen LogP contribution in [-0.2, 0) is 5.41 Å². The smallest absolute Gasteiger partial charge is 0.323 e. The van der Waals surface area contributed by atoms with Gasteiger partial charge in [-0.1, -0.05) is 24.3 Å². The molecule has 0 aliphatic heterocycles. The van der Waals surface area contributed by atoms with Crippen LogP contribution in [-0.4, -0.2) is 13.1 Å². The Balaban J connectivity index is 1.27. The van der Waals surface area contributed by atoms with E-state index in [9.17, 15) is 4.79 Å². The molecular weight excluding hydrogens is 348 g/mol. The summed E-state index contributed by atoms with van der Waals surface area (Å²) in [5.74, 6) is 3.47. The van der Waals surface area contributed by atoms with Gasteiger partial charge >= 0.3 is 6.03 Å². The number of anilines is 2. The molecule has 4 heteroatoms. The Morgan fingerprint density at radius 1 is 0.893 bits per heavy atom. The van der Waals surface area contributed by atoms with Crippen LogP contribution in [0.4, 0.5) is 16.2 Å². The largest absolute Gasteiger partial charge is 0.495 e. The van der Waals surface area contributed by atoms with E-state index in [0.717, 1.165) is 23.4 Å². The lowest BCUT2D eigenvalue weighted by Gasteiger charge is -2.57. The van der Waals surface area contributed by atoms with Crippen LogP contribution in [0.3, 0.4) is 0 Å². The van der Waals surface area contributed by atoms with Crippen molar-refractivity contribution in [2.24, 2.45) is 17.8 Å². The number of hydrogen-bond acceptors (Lipinski definition) is 2. The maximum atomic E-state index is 12.4. The number of ether oxygens (including phenoxy) is 1. The lowest BCUT2D eigenvalue weighted by molar-refractivity contribution is -0.00518. The number of hydrogen-bond donors (Lipinski definition) is 2. The summed E-state index contributed by atoms with van der Waals surface area (Å²) in [7, 11) is 1.60. The molecule has 0 aromatic heterocycles. The van der Waals surface area contributed by atoms with Crippen LogP contribution < -0.4 is 15.4 Å². The van der Waals surface area contributed by atoms with Crippen molar-refractivity contribution < 1.29 is 9.53 Å². The van der Waals surface area contributed by atoms with E-state index in [4.69, 9.17) is 4.74 Å². The van der Waals surface area contributed by atoms with E-state index < -0.39 is 0 Å². The van der Waals surface area contributed by atoms with E-state index in [1.54, 1.807) is 7.11 Å². The van der Waals surface area contributed by atoms with Gasteiger partial charge in [0.25, 0.3) is 0 Å². The maximum absolute atomic E-state index is 12.4. The molecule has 2 amide bonds. The van der Waals surface area contributed by atoms with Gasteiger partial charge in [-0.3, -0.25) is 0 Å². The molecule has 2 N–H and O–H groups in total. The molecular formula is C24H28N2O2. The van der Waals surface area contributed by atoms with Gasteiger partial charge in [0, 0.05) is 5.69 Å². The topological polar surface area (TPSA) is 50.4 Å². The van der Waals surface area contributed by atoms with Gasteiger partial charge in [0.15, 0.2) is 0 Å². The summed E-state index contributed by atoms with van der Waals surface area (Å²) in [6.07, 6.45) is 8.46. The summed E-state index contributed by atoms with van der Waals surface area (Å²) in [5.41, 5.74) is 3.35. The molecule has 4 saturated carbocycles. The maximum Gasteiger partial charge on any atom is 0.323 e. The minimum absolute atomic E-state index is 0.257. The Morgan fingerprint density at radius 3 is 2.11 bits per heavy atom. The van der Waals surface area contributed by atoms with Crippen LogP contribution in [0.25, 0.3) is 0 Å². The third-order valence-corrected chi connectivity index (χ3v) is 7.15. The number of carbonyl (C=O) groups excluding carboxylic acids is 1. The third kappa shape index (κ3) is 3.15. The van der Waals surface area contributed by atoms with Crippen molar-refractivity contribution in [1.82, 2.24) is 0 Å². The Morgan fingerprint density at radius 2 is 1.50 bits per heavy atom. The molecule has 0 unspecified atom stereocenters. The molecule has 0 radical (unpaired) electrons. The summed E-state index contributed by atoms with van der Waals surface area (Å²) >= 11 is 0. The highest BCUT2D eigenvalue weighted by molar-refractivity contribution is 6.00. The monoisotopic (exact) mass is 376 g/mol. The number of carbonyl (C=O) groups is 1. The minimum atomic E-state index is -0.257. The van der Waals surface area contributed by atoms with Gasteiger partial charge in [-0.25, -0.2) is 4.79 Å². The summed E-state index contributed by atoms with van der Waals surface area (Å²) in [4.78, 5) is 12.4. The van der Waals surface area contributed by atoms with Crippen LogP contribution in [0.5, 0.6) is 5.75 Å². The predicted molar refractivity (Wildman–Crippen MR) is 112 cm³/mol. The summed E-state index contributed by atoms with van der Waals surface area (Å²) < 4.78 is 5.29. The summed E-state index contributed by atoms with van der Waals surface area (Å²) in [6.45, 7) is 0. The summed E-state index contributed by atoms with van der Waals surface area (Å²) in [5, 5.41) is 5.80. The van der Waals surface area contributed by atoms with Crippen LogP contribution in [0, 0.1) is 17.8 Å². The van der Waals surface area contributed by atoms with Crippen LogP contribution in [0.2, 0.25) is 0 Å². The molecule has 4 fully saturated rings. The number of methoxy groups -OCH3 is 1. The molecule has 4 bridgehead atoms. The highest BCUT2D eigenvalue weighted by atomic mass is 16.5. The van der Waals surface area contributed by atoms with Gasteiger partial charge in [0.1, 0.15) is 5.75 Å². The number of amides is 2. The van der Waals surface area contributed by atoms with Crippen molar-refractivity contribution in [2.45, 2.75) is 43.9 Å². The van der Waals surface area contributed by atoms with Crippen molar-refractivity contribution in [3.8, 4) is 5.75 Å². The first-order chi connectivity index (χ1) is 13.6. The second-order valence-corrected chi connectivity index (χ2v) is 9.05. The second-order valence-electron chi connectivity index (χ2n) is 9.05. The van der Waals surface area contributed by atoms with Gasteiger partial charge < -0.3 is 15.4 Å². The number of urea groups is 1. The van der Waals surface area contributed by atoms with Crippen molar-refractivity contribution in [1.29, 1.82) is 0 Å². The first kappa shape index (κ1) is 17.6. The molecule has 0 heterocycles. The van der Waals surface area contributed by atoms with Gasteiger partial charge in [-0.2, -0.15) is 0 Å². The zero-order valence-electron chi connectivity index (χ0n) is 16.4. The fraction of sp³-hybridized carbons (Fsp3) is 0.458. The Kier molecular flexibility index (Phi) is 4.30. The first-order valence-electron chi connectivity index (χ1n) is 10.5. The average Bonchev–Trinajstić information content (AvgIpc) is 2.68. The van der Waals surface area contributed by atoms with Crippen molar-refractivity contribution in [2.75, 3.05) is 17.7 Å². The molecule has 0 saturated heterocycles. The zero-order valence-corrected chi connectivity index (χ0v) is 16.4. The molecule has 4 aliphatic rings. The lowest BCUT2D eigenvalue weighted by atomic mass is 9.48. The van der Waals surface area contributed by atoms with E-state index in [1.807, 2.05) is 24.3 Å².